The van der Waals surface area contributed by atoms with Crippen molar-refractivity contribution in [3.05, 3.63) is 60.1 Å². The highest BCUT2D eigenvalue weighted by Gasteiger charge is 2.34. The van der Waals surface area contributed by atoms with Crippen LogP contribution >= 0.6 is 0 Å². The summed E-state index contributed by atoms with van der Waals surface area (Å²) in [7, 11) is 0. The molecular weight excluding hydrogens is 261 g/mol. The first kappa shape index (κ1) is 12.5. The van der Waals surface area contributed by atoms with E-state index in [9.17, 15) is 14.3 Å². The molecule has 1 aromatic carbocycles. The third-order valence-corrected chi connectivity index (χ3v) is 3.43. The minimum absolute atomic E-state index is 0.0546. The largest absolute Gasteiger partial charge is 0.510 e. The van der Waals surface area contributed by atoms with Crippen molar-refractivity contribution in [3.63, 3.8) is 0 Å². The van der Waals surface area contributed by atoms with Crippen LogP contribution in [0.2, 0.25) is 0 Å². The Morgan fingerprint density at radius 2 is 2.05 bits per heavy atom. The van der Waals surface area contributed by atoms with Crippen LogP contribution in [0.1, 0.15) is 23.9 Å². The highest BCUT2D eigenvalue weighted by molar-refractivity contribution is 5.92. The number of hydrogen-bond acceptors (Lipinski definition) is 4. The van der Waals surface area contributed by atoms with Crippen LogP contribution in [0.5, 0.6) is 0 Å². The summed E-state index contributed by atoms with van der Waals surface area (Å²) in [5.74, 6) is -0.850. The molecule has 0 aliphatic heterocycles. The van der Waals surface area contributed by atoms with Gasteiger partial charge in [-0.1, -0.05) is 12.1 Å². The van der Waals surface area contributed by atoms with Crippen molar-refractivity contribution in [3.8, 4) is 0 Å². The molecule has 6 heteroatoms. The van der Waals surface area contributed by atoms with E-state index in [0.29, 0.717) is 0 Å². The fourth-order valence-electron chi connectivity index (χ4n) is 2.53. The molecule has 0 bridgehead atoms. The summed E-state index contributed by atoms with van der Waals surface area (Å²) in [5.41, 5.74) is 0.778. The van der Waals surface area contributed by atoms with Gasteiger partial charge in [-0.15, -0.1) is 0 Å². The van der Waals surface area contributed by atoms with Crippen molar-refractivity contribution < 1.29 is 14.3 Å². The van der Waals surface area contributed by atoms with Gasteiger partial charge in [0.2, 0.25) is 0 Å². The Labute approximate surface area is 114 Å². The smallest absolute Gasteiger partial charge is 0.159 e. The molecular formula is C14H12FN3O2. The summed E-state index contributed by atoms with van der Waals surface area (Å²) in [6.07, 6.45) is 4.30. The van der Waals surface area contributed by atoms with E-state index in [1.165, 1.54) is 35.5 Å². The van der Waals surface area contributed by atoms with Gasteiger partial charge in [0.25, 0.3) is 0 Å². The molecule has 1 aliphatic carbocycles. The van der Waals surface area contributed by atoms with Crippen molar-refractivity contribution in [1.29, 1.82) is 0 Å². The molecule has 102 valence electrons. The number of carbonyl (C=O) groups is 1. The van der Waals surface area contributed by atoms with Gasteiger partial charge in [0.1, 0.15) is 30.3 Å². The normalized spacial score (nSPS) is 22.6. The maximum absolute atomic E-state index is 13.0. The average molecular weight is 273 g/mol. The molecule has 5 nitrogen and oxygen atoms in total. The molecule has 0 unspecified atom stereocenters. The molecule has 1 N–H and O–H groups in total. The number of aromatic nitrogens is 3. The Balaban J connectivity index is 2.04. The van der Waals surface area contributed by atoms with Crippen LogP contribution < -0.4 is 0 Å². The van der Waals surface area contributed by atoms with Gasteiger partial charge in [0, 0.05) is 18.4 Å². The SMILES string of the molecule is O=C1C=C(O)[C@@H](n2cncn2)[C@H](c2ccc(F)cc2)C1. The lowest BCUT2D eigenvalue weighted by Crippen LogP contribution is -2.27. The van der Waals surface area contributed by atoms with Crippen LogP contribution in [0.15, 0.2) is 48.8 Å². The van der Waals surface area contributed by atoms with Crippen LogP contribution in [0.3, 0.4) is 0 Å². The first-order valence-corrected chi connectivity index (χ1v) is 6.18. The molecule has 20 heavy (non-hydrogen) atoms. The Morgan fingerprint density at radius 1 is 1.30 bits per heavy atom. The fraction of sp³-hybridized carbons (Fsp3) is 0.214. The quantitative estimate of drug-likeness (QED) is 0.910. The number of allylic oxidation sites excluding steroid dienone is 2. The van der Waals surface area contributed by atoms with E-state index in [1.54, 1.807) is 12.1 Å². The van der Waals surface area contributed by atoms with Gasteiger partial charge >= 0.3 is 0 Å². The summed E-state index contributed by atoms with van der Waals surface area (Å²) < 4.78 is 14.5. The Morgan fingerprint density at radius 3 is 2.70 bits per heavy atom. The molecule has 1 aromatic heterocycles. The fourth-order valence-corrected chi connectivity index (χ4v) is 2.53. The summed E-state index contributed by atoms with van der Waals surface area (Å²) in [6.45, 7) is 0. The molecule has 0 saturated carbocycles. The number of benzene rings is 1. The van der Waals surface area contributed by atoms with E-state index in [2.05, 4.69) is 10.1 Å². The highest BCUT2D eigenvalue weighted by Crippen LogP contribution is 2.38. The minimum atomic E-state index is -0.499. The van der Waals surface area contributed by atoms with Gasteiger partial charge in [-0.25, -0.2) is 14.1 Å². The zero-order valence-electron chi connectivity index (χ0n) is 10.5. The van der Waals surface area contributed by atoms with E-state index in [0.717, 1.165) is 5.56 Å². The summed E-state index contributed by atoms with van der Waals surface area (Å²) in [5, 5.41) is 14.1. The Bertz CT molecular complexity index is 650. The van der Waals surface area contributed by atoms with E-state index in [4.69, 9.17) is 0 Å². The monoisotopic (exact) mass is 273 g/mol. The molecule has 3 rings (SSSR count). The standard InChI is InChI=1S/C14H12FN3O2/c15-10-3-1-9(2-4-10)12-5-11(19)6-13(20)14(12)18-8-16-7-17-18/h1-4,6-8,12,14,20H,5H2/t12-,14-/m0/s1. The van der Waals surface area contributed by atoms with Crippen LogP contribution in [-0.2, 0) is 4.79 Å². The van der Waals surface area contributed by atoms with Crippen molar-refractivity contribution >= 4 is 5.78 Å². The summed E-state index contributed by atoms with van der Waals surface area (Å²) in [4.78, 5) is 15.5. The molecule has 1 heterocycles. The van der Waals surface area contributed by atoms with Crippen molar-refractivity contribution in [2.45, 2.75) is 18.4 Å². The predicted molar refractivity (Wildman–Crippen MR) is 68.5 cm³/mol. The van der Waals surface area contributed by atoms with Gasteiger partial charge in [-0.2, -0.15) is 5.10 Å². The molecule has 0 spiro atoms. The van der Waals surface area contributed by atoms with Crippen LogP contribution in [-0.4, -0.2) is 25.7 Å². The Hall–Kier alpha value is -2.50. The second kappa shape index (κ2) is 4.88. The molecule has 0 radical (unpaired) electrons. The number of nitrogens with zero attached hydrogens (tertiary/aromatic N) is 3. The van der Waals surface area contributed by atoms with E-state index < -0.39 is 6.04 Å². The second-order valence-corrected chi connectivity index (χ2v) is 4.72. The lowest BCUT2D eigenvalue weighted by atomic mass is 9.82. The maximum atomic E-state index is 13.0. The van der Waals surface area contributed by atoms with E-state index >= 15 is 0 Å². The lowest BCUT2D eigenvalue weighted by Gasteiger charge is -2.29. The summed E-state index contributed by atoms with van der Waals surface area (Å²) >= 11 is 0. The molecule has 0 saturated heterocycles. The molecule has 0 amide bonds. The number of carbonyl (C=O) groups excluding carboxylic acids is 1. The zero-order valence-corrected chi connectivity index (χ0v) is 10.5. The van der Waals surface area contributed by atoms with Crippen molar-refractivity contribution in [1.82, 2.24) is 14.8 Å². The number of hydrogen-bond donors (Lipinski definition) is 1. The molecule has 2 atom stereocenters. The van der Waals surface area contributed by atoms with Crippen molar-refractivity contribution in [2.75, 3.05) is 0 Å². The first-order valence-electron chi connectivity index (χ1n) is 6.18. The summed E-state index contributed by atoms with van der Waals surface area (Å²) in [6, 6.07) is 5.42. The molecule has 0 fully saturated rings. The zero-order chi connectivity index (χ0) is 14.1. The number of ketones is 1. The molecule has 2 aromatic rings. The van der Waals surface area contributed by atoms with E-state index in [-0.39, 0.29) is 29.7 Å². The topological polar surface area (TPSA) is 68.0 Å². The van der Waals surface area contributed by atoms with Gasteiger partial charge in [-0.05, 0) is 17.7 Å². The number of aliphatic hydroxyl groups excluding tert-OH is 1. The molecule has 1 aliphatic rings. The highest BCUT2D eigenvalue weighted by atomic mass is 19.1. The number of aliphatic hydroxyl groups is 1. The van der Waals surface area contributed by atoms with Crippen LogP contribution in [0.25, 0.3) is 0 Å². The van der Waals surface area contributed by atoms with Crippen LogP contribution in [0.4, 0.5) is 4.39 Å². The minimum Gasteiger partial charge on any atom is -0.510 e. The van der Waals surface area contributed by atoms with Crippen LogP contribution in [0, 0.1) is 5.82 Å². The second-order valence-electron chi connectivity index (χ2n) is 4.72. The maximum Gasteiger partial charge on any atom is 0.159 e. The average Bonchev–Trinajstić information content (AvgIpc) is 2.92. The van der Waals surface area contributed by atoms with Gasteiger partial charge in [0.05, 0.1) is 0 Å². The predicted octanol–water partition coefficient (Wildman–Crippen LogP) is 2.16. The number of halogens is 1. The van der Waals surface area contributed by atoms with Gasteiger partial charge in [0.15, 0.2) is 5.78 Å². The van der Waals surface area contributed by atoms with E-state index in [1.807, 2.05) is 0 Å². The number of rotatable bonds is 2. The first-order chi connectivity index (χ1) is 9.65. The van der Waals surface area contributed by atoms with Gasteiger partial charge in [-0.3, -0.25) is 4.79 Å². The lowest BCUT2D eigenvalue weighted by molar-refractivity contribution is -0.116. The Kier molecular flexibility index (Phi) is 3.06. The third kappa shape index (κ3) is 2.20. The third-order valence-electron chi connectivity index (χ3n) is 3.43. The van der Waals surface area contributed by atoms with Gasteiger partial charge < -0.3 is 5.11 Å². The van der Waals surface area contributed by atoms with Crippen molar-refractivity contribution in [2.24, 2.45) is 0 Å².